The summed E-state index contributed by atoms with van der Waals surface area (Å²) in [5, 5.41) is 3.54. The number of ketones is 1. The molecule has 1 aliphatic heterocycles. The molecule has 1 N–H and O–H groups in total. The van der Waals surface area contributed by atoms with E-state index in [9.17, 15) is 9.59 Å². The number of aryl methyl sites for hydroxylation is 1. The number of halogens is 1. The monoisotopic (exact) mass is 442 g/mol. The molecule has 1 aromatic carbocycles. The van der Waals surface area contributed by atoms with Crippen LogP contribution in [0.4, 0.5) is 10.5 Å². The SMILES string of the molecule is Cc1cc(C(=O)CN2CCN(C(=O)Nc3ccc(Cl)cc3)CC2)c(C)n1C1CCCC1. The summed E-state index contributed by atoms with van der Waals surface area (Å²) in [6, 6.07) is 9.58. The van der Waals surface area contributed by atoms with E-state index >= 15 is 0 Å². The third-order valence-electron chi connectivity index (χ3n) is 6.60. The van der Waals surface area contributed by atoms with E-state index < -0.39 is 0 Å². The topological polar surface area (TPSA) is 57.6 Å². The van der Waals surface area contributed by atoms with E-state index in [-0.39, 0.29) is 11.8 Å². The lowest BCUT2D eigenvalue weighted by molar-refractivity contribution is 0.0883. The van der Waals surface area contributed by atoms with Gasteiger partial charge in [0.1, 0.15) is 0 Å². The summed E-state index contributed by atoms with van der Waals surface area (Å²) in [5.41, 5.74) is 3.88. The van der Waals surface area contributed by atoms with E-state index in [0.717, 1.165) is 16.9 Å². The number of nitrogens with one attached hydrogen (secondary N) is 1. The second kappa shape index (κ2) is 9.45. The van der Waals surface area contributed by atoms with Crippen molar-refractivity contribution in [3.05, 3.63) is 52.3 Å². The van der Waals surface area contributed by atoms with Crippen LogP contribution in [0.25, 0.3) is 0 Å². The summed E-state index contributed by atoms with van der Waals surface area (Å²) in [6.07, 6.45) is 4.98. The first-order valence-corrected chi connectivity index (χ1v) is 11.6. The normalized spacial score (nSPS) is 17.8. The highest BCUT2D eigenvalue weighted by Crippen LogP contribution is 2.33. The number of hydrogen-bond donors (Lipinski definition) is 1. The minimum absolute atomic E-state index is 0.117. The maximum Gasteiger partial charge on any atom is 0.321 e. The molecule has 0 unspecified atom stereocenters. The van der Waals surface area contributed by atoms with Crippen LogP contribution >= 0.6 is 11.6 Å². The summed E-state index contributed by atoms with van der Waals surface area (Å²) >= 11 is 5.89. The molecule has 1 saturated heterocycles. The fourth-order valence-electron chi connectivity index (χ4n) is 4.92. The van der Waals surface area contributed by atoms with Gasteiger partial charge in [-0.25, -0.2) is 4.79 Å². The van der Waals surface area contributed by atoms with Gasteiger partial charge in [0, 0.05) is 59.9 Å². The Balaban J connectivity index is 1.30. The smallest absolute Gasteiger partial charge is 0.321 e. The summed E-state index contributed by atoms with van der Waals surface area (Å²) in [6.45, 7) is 7.20. The van der Waals surface area contributed by atoms with E-state index in [2.05, 4.69) is 34.7 Å². The van der Waals surface area contributed by atoms with Gasteiger partial charge < -0.3 is 14.8 Å². The average Bonchev–Trinajstić information content (AvgIpc) is 3.37. The Labute approximate surface area is 189 Å². The lowest BCUT2D eigenvalue weighted by Crippen LogP contribution is -2.51. The van der Waals surface area contributed by atoms with Gasteiger partial charge in [0.15, 0.2) is 5.78 Å². The summed E-state index contributed by atoms with van der Waals surface area (Å²) in [4.78, 5) is 29.5. The van der Waals surface area contributed by atoms with Crippen LogP contribution < -0.4 is 5.32 Å². The third-order valence-corrected chi connectivity index (χ3v) is 6.85. The number of piperazine rings is 1. The van der Waals surface area contributed by atoms with Crippen molar-refractivity contribution in [3.63, 3.8) is 0 Å². The second-order valence-corrected chi connectivity index (χ2v) is 9.15. The number of amides is 2. The van der Waals surface area contributed by atoms with Crippen molar-refractivity contribution >= 4 is 29.1 Å². The van der Waals surface area contributed by atoms with Crippen molar-refractivity contribution in [2.75, 3.05) is 38.0 Å². The highest BCUT2D eigenvalue weighted by atomic mass is 35.5. The Bertz CT molecular complexity index is 939. The average molecular weight is 443 g/mol. The van der Waals surface area contributed by atoms with Gasteiger partial charge >= 0.3 is 6.03 Å². The van der Waals surface area contributed by atoms with E-state index in [4.69, 9.17) is 11.6 Å². The van der Waals surface area contributed by atoms with Crippen LogP contribution in [0.3, 0.4) is 0 Å². The summed E-state index contributed by atoms with van der Waals surface area (Å²) in [7, 11) is 0. The zero-order valence-electron chi connectivity index (χ0n) is 18.4. The molecule has 7 heteroatoms. The number of carbonyl (C=O) groups excluding carboxylic acids is 2. The van der Waals surface area contributed by atoms with Gasteiger partial charge in [-0.15, -0.1) is 0 Å². The standard InChI is InChI=1S/C24H31ClN4O2/c1-17-15-22(18(2)29(17)21-5-3-4-6-21)23(30)16-27-11-13-28(14-12-27)24(31)26-20-9-7-19(25)8-10-20/h7-10,15,21H,3-6,11-14,16H2,1-2H3,(H,26,31). The molecule has 0 radical (unpaired) electrons. The molecule has 4 rings (SSSR count). The largest absolute Gasteiger partial charge is 0.345 e. The van der Waals surface area contributed by atoms with Crippen LogP contribution in [0.2, 0.25) is 5.02 Å². The summed E-state index contributed by atoms with van der Waals surface area (Å²) in [5.74, 6) is 0.177. The number of anilines is 1. The molecule has 0 bridgehead atoms. The van der Waals surface area contributed by atoms with Gasteiger partial charge in [-0.1, -0.05) is 24.4 Å². The van der Waals surface area contributed by atoms with Crippen molar-refractivity contribution in [3.8, 4) is 0 Å². The molecule has 1 aromatic heterocycles. The Morgan fingerprint density at radius 3 is 2.32 bits per heavy atom. The Kier molecular flexibility index (Phi) is 6.68. The van der Waals surface area contributed by atoms with Crippen LogP contribution in [-0.2, 0) is 0 Å². The zero-order chi connectivity index (χ0) is 22.0. The molecule has 0 spiro atoms. The first-order chi connectivity index (χ1) is 14.9. The molecule has 2 amide bonds. The van der Waals surface area contributed by atoms with E-state index in [0.29, 0.717) is 43.8 Å². The number of urea groups is 1. The fourth-order valence-corrected chi connectivity index (χ4v) is 5.04. The van der Waals surface area contributed by atoms with Crippen molar-refractivity contribution in [2.45, 2.75) is 45.6 Å². The Morgan fingerprint density at radius 1 is 1.03 bits per heavy atom. The molecule has 166 valence electrons. The van der Waals surface area contributed by atoms with Gasteiger partial charge in [0.2, 0.25) is 0 Å². The van der Waals surface area contributed by atoms with Crippen molar-refractivity contribution < 1.29 is 9.59 Å². The molecule has 0 atom stereocenters. The third kappa shape index (κ3) is 4.96. The molecule has 2 fully saturated rings. The Morgan fingerprint density at radius 2 is 1.68 bits per heavy atom. The first-order valence-electron chi connectivity index (χ1n) is 11.2. The lowest BCUT2D eigenvalue weighted by atomic mass is 10.1. The van der Waals surface area contributed by atoms with Crippen molar-refractivity contribution in [1.29, 1.82) is 0 Å². The van der Waals surface area contributed by atoms with Crippen LogP contribution in [0.5, 0.6) is 0 Å². The van der Waals surface area contributed by atoms with E-state index in [1.54, 1.807) is 29.2 Å². The molecular formula is C24H31ClN4O2. The minimum atomic E-state index is -0.117. The molecule has 2 aromatic rings. The molecule has 2 aliphatic rings. The number of benzene rings is 1. The molecule has 6 nitrogen and oxygen atoms in total. The second-order valence-electron chi connectivity index (χ2n) is 8.72. The Hall–Kier alpha value is -2.31. The van der Waals surface area contributed by atoms with Gasteiger partial charge in [-0.2, -0.15) is 0 Å². The first kappa shape index (κ1) is 21.9. The van der Waals surface area contributed by atoms with Crippen molar-refractivity contribution in [2.24, 2.45) is 0 Å². The number of Topliss-reactive ketones (excluding diaryl/α,β-unsaturated/α-hetero) is 1. The van der Waals surface area contributed by atoms with Crippen molar-refractivity contribution in [1.82, 2.24) is 14.4 Å². The van der Waals surface area contributed by atoms with Crippen LogP contribution in [0.15, 0.2) is 30.3 Å². The van der Waals surface area contributed by atoms with Gasteiger partial charge in [-0.05, 0) is 57.0 Å². The molecular weight excluding hydrogens is 412 g/mol. The maximum absolute atomic E-state index is 13.0. The minimum Gasteiger partial charge on any atom is -0.345 e. The highest BCUT2D eigenvalue weighted by Gasteiger charge is 2.26. The van der Waals surface area contributed by atoms with Gasteiger partial charge in [0.05, 0.1) is 6.54 Å². The van der Waals surface area contributed by atoms with Crippen LogP contribution in [0.1, 0.15) is 53.5 Å². The quantitative estimate of drug-likeness (QED) is 0.669. The number of aromatic nitrogens is 1. The highest BCUT2D eigenvalue weighted by molar-refractivity contribution is 6.30. The molecule has 1 aliphatic carbocycles. The number of rotatable bonds is 5. The predicted octanol–water partition coefficient (Wildman–Crippen LogP) is 4.91. The number of hydrogen-bond acceptors (Lipinski definition) is 3. The van der Waals surface area contributed by atoms with Gasteiger partial charge in [-0.3, -0.25) is 9.69 Å². The maximum atomic E-state index is 13.0. The predicted molar refractivity (Wildman–Crippen MR) is 124 cm³/mol. The molecule has 1 saturated carbocycles. The van der Waals surface area contributed by atoms with E-state index in [1.165, 1.54) is 31.4 Å². The van der Waals surface area contributed by atoms with Crippen LogP contribution in [0, 0.1) is 13.8 Å². The summed E-state index contributed by atoms with van der Waals surface area (Å²) < 4.78 is 2.37. The number of carbonyl (C=O) groups is 2. The molecule has 31 heavy (non-hydrogen) atoms. The lowest BCUT2D eigenvalue weighted by Gasteiger charge is -2.34. The van der Waals surface area contributed by atoms with Gasteiger partial charge in [0.25, 0.3) is 0 Å². The molecule has 2 heterocycles. The van der Waals surface area contributed by atoms with Crippen LogP contribution in [-0.4, -0.2) is 58.9 Å². The number of nitrogens with zero attached hydrogens (tertiary/aromatic N) is 3. The fraction of sp³-hybridized carbons (Fsp3) is 0.500. The van der Waals surface area contributed by atoms with E-state index in [1.807, 2.05) is 0 Å². The zero-order valence-corrected chi connectivity index (χ0v) is 19.1.